The summed E-state index contributed by atoms with van der Waals surface area (Å²) in [6.45, 7) is 2.47. The normalized spacial score (nSPS) is 18.9. The van der Waals surface area contributed by atoms with Gasteiger partial charge in [-0.3, -0.25) is 4.79 Å². The molecule has 24 heavy (non-hydrogen) atoms. The molecule has 3 rings (SSSR count). The summed E-state index contributed by atoms with van der Waals surface area (Å²) in [6, 6.07) is 15.2. The molecule has 0 radical (unpaired) electrons. The van der Waals surface area contributed by atoms with E-state index in [4.69, 9.17) is 10.5 Å². The van der Waals surface area contributed by atoms with E-state index < -0.39 is 0 Å². The number of halogens is 1. The lowest BCUT2D eigenvalue weighted by Gasteiger charge is -2.29. The van der Waals surface area contributed by atoms with Gasteiger partial charge in [-0.25, -0.2) is 0 Å². The van der Waals surface area contributed by atoms with Gasteiger partial charge in [0, 0.05) is 22.5 Å². The number of hydrogen-bond acceptors (Lipinski definition) is 3. The zero-order valence-electron chi connectivity index (χ0n) is 13.5. The number of carbonyl (C=O) groups is 1. The highest BCUT2D eigenvalue weighted by Gasteiger charge is 2.28. The first-order valence-electron chi connectivity index (χ1n) is 8.09. The Hall–Kier alpha value is -1.85. The third-order valence-corrected chi connectivity index (χ3v) is 4.96. The fourth-order valence-corrected chi connectivity index (χ4v) is 3.32. The number of nitrogens with two attached hydrogens (primary N) is 1. The number of rotatable bonds is 4. The Balaban J connectivity index is 1.73. The van der Waals surface area contributed by atoms with Crippen molar-refractivity contribution < 1.29 is 9.53 Å². The first kappa shape index (κ1) is 17.0. The molecular formula is C19H21BrN2O2. The second-order valence-electron chi connectivity index (χ2n) is 6.11. The molecule has 5 heteroatoms. The smallest absolute Gasteiger partial charge is 0.225 e. The highest BCUT2D eigenvalue weighted by Crippen LogP contribution is 2.34. The molecule has 2 aromatic rings. The second-order valence-corrected chi connectivity index (χ2v) is 7.02. The Morgan fingerprint density at radius 2 is 2.04 bits per heavy atom. The van der Waals surface area contributed by atoms with Crippen LogP contribution in [-0.2, 0) is 4.79 Å². The van der Waals surface area contributed by atoms with E-state index in [-0.39, 0.29) is 23.9 Å². The van der Waals surface area contributed by atoms with Crippen molar-refractivity contribution >= 4 is 21.8 Å². The van der Waals surface area contributed by atoms with Gasteiger partial charge in [-0.1, -0.05) is 53.2 Å². The van der Waals surface area contributed by atoms with Gasteiger partial charge in [-0.2, -0.15) is 0 Å². The SMILES string of the molecule is C[C@H](C(=O)N[C@@H]1CCOc2ccc(Br)cc21)[C@@H](N)c1ccccc1. The standard InChI is InChI=1S/C19H21BrN2O2/c1-12(18(21)13-5-3-2-4-6-13)19(23)22-16-9-10-24-17-8-7-14(20)11-15(16)17/h2-8,11-12,16,18H,9-10,21H2,1H3,(H,22,23)/t12-,16+,18+/m0/s1. The van der Waals surface area contributed by atoms with Crippen molar-refractivity contribution in [2.45, 2.75) is 25.4 Å². The molecule has 0 spiro atoms. The molecule has 0 bridgehead atoms. The summed E-state index contributed by atoms with van der Waals surface area (Å²) in [6.07, 6.45) is 0.752. The maximum absolute atomic E-state index is 12.7. The average Bonchev–Trinajstić information content (AvgIpc) is 2.61. The van der Waals surface area contributed by atoms with E-state index in [1.165, 1.54) is 0 Å². The van der Waals surface area contributed by atoms with E-state index in [1.54, 1.807) is 0 Å². The van der Waals surface area contributed by atoms with Gasteiger partial charge in [0.1, 0.15) is 5.75 Å². The van der Waals surface area contributed by atoms with E-state index in [0.717, 1.165) is 27.8 Å². The number of amides is 1. The molecule has 1 heterocycles. The van der Waals surface area contributed by atoms with Gasteiger partial charge in [0.05, 0.1) is 18.6 Å². The summed E-state index contributed by atoms with van der Waals surface area (Å²) in [5, 5.41) is 3.13. The van der Waals surface area contributed by atoms with Crippen LogP contribution < -0.4 is 15.8 Å². The van der Waals surface area contributed by atoms with E-state index in [9.17, 15) is 4.79 Å². The maximum atomic E-state index is 12.7. The highest BCUT2D eigenvalue weighted by molar-refractivity contribution is 9.10. The monoisotopic (exact) mass is 388 g/mol. The second kappa shape index (κ2) is 7.36. The number of hydrogen-bond donors (Lipinski definition) is 2. The van der Waals surface area contributed by atoms with E-state index in [0.29, 0.717) is 6.61 Å². The van der Waals surface area contributed by atoms with Gasteiger partial charge in [-0.05, 0) is 23.8 Å². The zero-order chi connectivity index (χ0) is 17.1. The molecule has 0 fully saturated rings. The summed E-state index contributed by atoms with van der Waals surface area (Å²) in [5.74, 6) is 0.477. The van der Waals surface area contributed by atoms with E-state index in [2.05, 4.69) is 21.2 Å². The molecule has 1 aliphatic heterocycles. The van der Waals surface area contributed by atoms with Crippen LogP contribution >= 0.6 is 15.9 Å². The third-order valence-electron chi connectivity index (χ3n) is 4.46. The molecule has 2 aromatic carbocycles. The average molecular weight is 389 g/mol. The van der Waals surface area contributed by atoms with Crippen molar-refractivity contribution in [1.29, 1.82) is 0 Å². The van der Waals surface area contributed by atoms with Gasteiger partial charge >= 0.3 is 0 Å². The maximum Gasteiger partial charge on any atom is 0.225 e. The van der Waals surface area contributed by atoms with Crippen LogP contribution in [0, 0.1) is 5.92 Å². The molecule has 126 valence electrons. The molecule has 0 saturated carbocycles. The third kappa shape index (κ3) is 3.62. The lowest BCUT2D eigenvalue weighted by molar-refractivity contribution is -0.126. The molecule has 0 aromatic heterocycles. The quantitative estimate of drug-likeness (QED) is 0.838. The Morgan fingerprint density at radius 1 is 1.29 bits per heavy atom. The molecule has 3 atom stereocenters. The van der Waals surface area contributed by atoms with Crippen LogP contribution in [0.2, 0.25) is 0 Å². The van der Waals surface area contributed by atoms with Crippen molar-refractivity contribution in [3.63, 3.8) is 0 Å². The number of ether oxygens (including phenoxy) is 1. The van der Waals surface area contributed by atoms with Gasteiger partial charge in [-0.15, -0.1) is 0 Å². The summed E-state index contributed by atoms with van der Waals surface area (Å²) >= 11 is 3.48. The van der Waals surface area contributed by atoms with Gasteiger partial charge in [0.25, 0.3) is 0 Å². The van der Waals surface area contributed by atoms with Gasteiger partial charge in [0.15, 0.2) is 0 Å². The van der Waals surface area contributed by atoms with Crippen LogP contribution in [0.1, 0.15) is 36.6 Å². The molecule has 4 nitrogen and oxygen atoms in total. The van der Waals surface area contributed by atoms with Crippen LogP contribution in [0.4, 0.5) is 0 Å². The molecule has 0 saturated heterocycles. The largest absolute Gasteiger partial charge is 0.493 e. The van der Waals surface area contributed by atoms with Crippen LogP contribution in [0.25, 0.3) is 0 Å². The van der Waals surface area contributed by atoms with E-state index >= 15 is 0 Å². The molecule has 1 amide bonds. The molecule has 1 aliphatic rings. The first-order valence-corrected chi connectivity index (χ1v) is 8.88. The fraction of sp³-hybridized carbons (Fsp3) is 0.316. The Kier molecular flexibility index (Phi) is 5.21. The molecule has 0 unspecified atom stereocenters. The van der Waals surface area contributed by atoms with Crippen molar-refractivity contribution in [3.8, 4) is 5.75 Å². The zero-order valence-corrected chi connectivity index (χ0v) is 15.1. The predicted octanol–water partition coefficient (Wildman–Crippen LogP) is 3.73. The predicted molar refractivity (Wildman–Crippen MR) is 97.7 cm³/mol. The minimum Gasteiger partial charge on any atom is -0.493 e. The summed E-state index contributed by atoms with van der Waals surface area (Å²) in [7, 11) is 0. The number of carbonyl (C=O) groups excluding carboxylic acids is 1. The summed E-state index contributed by atoms with van der Waals surface area (Å²) in [4.78, 5) is 12.7. The van der Waals surface area contributed by atoms with Crippen LogP contribution in [0.5, 0.6) is 5.75 Å². The topological polar surface area (TPSA) is 64.3 Å². The van der Waals surface area contributed by atoms with E-state index in [1.807, 2.05) is 55.5 Å². The highest BCUT2D eigenvalue weighted by atomic mass is 79.9. The van der Waals surface area contributed by atoms with Gasteiger partial charge < -0.3 is 15.8 Å². The van der Waals surface area contributed by atoms with Crippen LogP contribution in [0.3, 0.4) is 0 Å². The fourth-order valence-electron chi connectivity index (χ4n) is 2.95. The van der Waals surface area contributed by atoms with Crippen LogP contribution in [0.15, 0.2) is 53.0 Å². The minimum absolute atomic E-state index is 0.0378. The van der Waals surface area contributed by atoms with Crippen molar-refractivity contribution in [2.75, 3.05) is 6.61 Å². The Bertz CT molecular complexity index is 721. The van der Waals surface area contributed by atoms with Crippen molar-refractivity contribution in [1.82, 2.24) is 5.32 Å². The minimum atomic E-state index is -0.326. The molecule has 3 N–H and O–H groups in total. The van der Waals surface area contributed by atoms with Gasteiger partial charge in [0.2, 0.25) is 5.91 Å². The number of fused-ring (bicyclic) bond motifs is 1. The first-order chi connectivity index (χ1) is 11.6. The lowest BCUT2D eigenvalue weighted by atomic mass is 9.93. The van der Waals surface area contributed by atoms with Crippen molar-refractivity contribution in [2.24, 2.45) is 11.7 Å². The number of benzene rings is 2. The lowest BCUT2D eigenvalue weighted by Crippen LogP contribution is -2.39. The number of nitrogens with one attached hydrogen (secondary N) is 1. The molecular weight excluding hydrogens is 368 g/mol. The summed E-state index contributed by atoms with van der Waals surface area (Å²) < 4.78 is 6.64. The van der Waals surface area contributed by atoms with Crippen LogP contribution in [-0.4, -0.2) is 12.5 Å². The Morgan fingerprint density at radius 3 is 2.79 bits per heavy atom. The summed E-state index contributed by atoms with van der Waals surface area (Å²) in [5.41, 5.74) is 8.24. The Labute approximate surface area is 150 Å². The van der Waals surface area contributed by atoms with Crippen molar-refractivity contribution in [3.05, 3.63) is 64.1 Å². The molecule has 0 aliphatic carbocycles.